The van der Waals surface area contributed by atoms with Crippen LogP contribution in [0.5, 0.6) is 0 Å². The molecule has 0 aliphatic heterocycles. The van der Waals surface area contributed by atoms with Crippen molar-refractivity contribution in [2.75, 3.05) is 54.1 Å². The van der Waals surface area contributed by atoms with Crippen LogP contribution in [-0.4, -0.2) is 117 Å². The van der Waals surface area contributed by atoms with Gasteiger partial charge in [0.25, 0.3) is 0 Å². The van der Waals surface area contributed by atoms with Gasteiger partial charge in [0.2, 0.25) is 0 Å². The highest BCUT2D eigenvalue weighted by atomic mass is 35.5. The number of phosphoric ester groups is 1. The number of likely N-dealkylation sites (N-methyl/N-ethyl adjacent to an activating group) is 1. The number of halogens is 1. The molecule has 0 bridgehead atoms. The lowest BCUT2D eigenvalue weighted by Gasteiger charge is -2.30. The molecule has 14 nitrogen and oxygen atoms in total. The van der Waals surface area contributed by atoms with Gasteiger partial charge in [-0.15, -0.1) is 0 Å². The third-order valence-corrected chi connectivity index (χ3v) is 14.5. The van der Waals surface area contributed by atoms with E-state index in [2.05, 4.69) is 45.1 Å². The second-order valence-corrected chi connectivity index (χ2v) is 23.5. The number of unbranched alkanes of at least 4 members (excludes halogenated alkanes) is 28. The molecule has 0 spiro atoms. The standard InChI is InChI=1S/C61H114NO13P.ClH/c1-7-10-13-16-19-22-25-27-28-29-31-33-36-39-42-45-59(65)71-54-57(52-64)73-60(66)47-46-55(44-41-38-35-32-30-26-23-20-17-14-11-8-2)74-76(68,69)75-56(51-62(4,5)6)53-72-61(67)58(48-49-63)70-50-43-40-37-34-24-21-18-15-12-9-3;/h27-28,30,32,49,55-58,64H,7-26,29,31,33-48,50-54H2,1-6H3;1H/b28-27-,32-30-;/t55?,56?,57-,58?;/m0./s1. The van der Waals surface area contributed by atoms with Crippen molar-refractivity contribution in [1.29, 1.82) is 0 Å². The molecule has 0 saturated carbocycles. The van der Waals surface area contributed by atoms with Gasteiger partial charge < -0.3 is 50.6 Å². The summed E-state index contributed by atoms with van der Waals surface area (Å²) in [5, 5.41) is 9.97. The molecule has 0 aliphatic carbocycles. The summed E-state index contributed by atoms with van der Waals surface area (Å²) in [5.74, 6) is -1.85. The number of aliphatic hydroxyl groups is 1. The van der Waals surface area contributed by atoms with Crippen molar-refractivity contribution in [2.24, 2.45) is 0 Å². The lowest BCUT2D eigenvalue weighted by Crippen LogP contribution is -3.00. The zero-order valence-electron chi connectivity index (χ0n) is 49.8. The van der Waals surface area contributed by atoms with Crippen LogP contribution in [0.4, 0.5) is 0 Å². The van der Waals surface area contributed by atoms with Crippen LogP contribution in [0.1, 0.15) is 265 Å². The SMILES string of the molecule is CCCCCCCC/C=C\CCCCCCCC(=O)OC[C@H](CO)OC(=O)CCC(CCCC/C=C\CCCCCCCC)OP(=O)(O)OC(COC(=O)C(CC=O)OCCCCCCCCCCCC)C[N+](C)(C)C.[Cl-]. The molecule has 0 rings (SSSR count). The van der Waals surface area contributed by atoms with E-state index in [4.69, 9.17) is 28.0 Å². The number of esters is 3. The predicted molar refractivity (Wildman–Crippen MR) is 308 cm³/mol. The Balaban J connectivity index is 0. The highest BCUT2D eigenvalue weighted by Crippen LogP contribution is 2.47. The molecule has 16 heteroatoms. The molecule has 0 heterocycles. The molecular formula is C61H115ClNO13P. The number of allylic oxidation sites excluding steroid dienone is 4. The van der Waals surface area contributed by atoms with Gasteiger partial charge in [-0.1, -0.05) is 193 Å². The minimum atomic E-state index is -4.81. The smallest absolute Gasteiger partial charge is 0.473 e. The van der Waals surface area contributed by atoms with Crippen LogP contribution >= 0.6 is 7.82 Å². The van der Waals surface area contributed by atoms with Crippen molar-refractivity contribution < 1.29 is 78.6 Å². The number of nitrogens with zero attached hydrogens (tertiary/aromatic N) is 1. The topological polar surface area (TPSA) is 181 Å². The van der Waals surface area contributed by atoms with Crippen LogP contribution in [0.15, 0.2) is 24.3 Å². The Morgan fingerprint density at radius 3 is 1.42 bits per heavy atom. The van der Waals surface area contributed by atoms with Crippen LogP contribution in [0.25, 0.3) is 0 Å². The van der Waals surface area contributed by atoms with E-state index in [-0.39, 0.29) is 57.8 Å². The van der Waals surface area contributed by atoms with E-state index in [1.165, 1.54) is 109 Å². The van der Waals surface area contributed by atoms with Crippen molar-refractivity contribution in [3.8, 4) is 0 Å². The number of phosphoric acid groups is 1. The van der Waals surface area contributed by atoms with E-state index in [0.29, 0.717) is 36.6 Å². The van der Waals surface area contributed by atoms with Crippen LogP contribution in [0, 0.1) is 0 Å². The number of carbonyl (C=O) groups excluding carboxylic acids is 4. The number of carbonyl (C=O) groups is 4. The molecule has 2 N–H and O–H groups in total. The maximum Gasteiger partial charge on any atom is 0.473 e. The van der Waals surface area contributed by atoms with Gasteiger partial charge in [-0.3, -0.25) is 18.6 Å². The molecule has 0 fully saturated rings. The Morgan fingerprint density at radius 2 is 0.948 bits per heavy atom. The van der Waals surface area contributed by atoms with Crippen molar-refractivity contribution >= 4 is 32.0 Å². The van der Waals surface area contributed by atoms with E-state index in [1.807, 2.05) is 21.1 Å². The van der Waals surface area contributed by atoms with Gasteiger partial charge in [-0.05, 0) is 77.0 Å². The summed E-state index contributed by atoms with van der Waals surface area (Å²) in [6.07, 6.45) is 43.0. The van der Waals surface area contributed by atoms with Gasteiger partial charge in [0.15, 0.2) is 18.3 Å². The van der Waals surface area contributed by atoms with Gasteiger partial charge in [0.1, 0.15) is 26.0 Å². The van der Waals surface area contributed by atoms with Crippen LogP contribution < -0.4 is 12.4 Å². The van der Waals surface area contributed by atoms with Gasteiger partial charge in [0, 0.05) is 25.9 Å². The summed E-state index contributed by atoms with van der Waals surface area (Å²) in [7, 11) is 0.781. The van der Waals surface area contributed by atoms with E-state index in [9.17, 15) is 33.7 Å². The van der Waals surface area contributed by atoms with Gasteiger partial charge in [0.05, 0.1) is 33.9 Å². The van der Waals surface area contributed by atoms with E-state index in [0.717, 1.165) is 89.9 Å². The molecule has 0 aromatic carbocycles. The number of rotatable bonds is 57. The number of aldehydes is 1. The molecule has 0 aromatic rings. The zero-order valence-corrected chi connectivity index (χ0v) is 51.4. The molecule has 0 saturated heterocycles. The number of quaternary nitrogens is 1. The predicted octanol–water partition coefficient (Wildman–Crippen LogP) is 12.1. The second-order valence-electron chi connectivity index (χ2n) is 22.1. The Labute approximate surface area is 476 Å². The molecule has 454 valence electrons. The van der Waals surface area contributed by atoms with E-state index < -0.39 is 56.8 Å². The molecule has 0 aromatic heterocycles. The monoisotopic (exact) mass is 1140 g/mol. The maximum absolute atomic E-state index is 13.8. The highest BCUT2D eigenvalue weighted by Gasteiger charge is 2.35. The number of hydrogen-bond acceptors (Lipinski definition) is 12. The summed E-state index contributed by atoms with van der Waals surface area (Å²) in [5.41, 5.74) is 0. The normalized spacial score (nSPS) is 14.2. The van der Waals surface area contributed by atoms with Crippen LogP contribution in [0.3, 0.4) is 0 Å². The van der Waals surface area contributed by atoms with Crippen molar-refractivity contribution in [3.05, 3.63) is 24.3 Å². The van der Waals surface area contributed by atoms with Crippen LogP contribution in [-0.2, 0) is 51.7 Å². The Morgan fingerprint density at radius 1 is 0.519 bits per heavy atom. The molecule has 5 atom stereocenters. The third-order valence-electron chi connectivity index (χ3n) is 13.4. The summed E-state index contributed by atoms with van der Waals surface area (Å²) >= 11 is 0. The minimum Gasteiger partial charge on any atom is -1.00 e. The number of ether oxygens (including phenoxy) is 4. The molecule has 4 unspecified atom stereocenters. The summed E-state index contributed by atoms with van der Waals surface area (Å²) in [4.78, 5) is 61.5. The van der Waals surface area contributed by atoms with Crippen LogP contribution in [0.2, 0.25) is 0 Å². The summed E-state index contributed by atoms with van der Waals surface area (Å²) < 4.78 is 47.8. The number of hydrogen-bond donors (Lipinski definition) is 2. The fourth-order valence-corrected chi connectivity index (χ4v) is 10.1. The first-order valence-electron chi connectivity index (χ1n) is 30.7. The highest BCUT2D eigenvalue weighted by molar-refractivity contribution is 7.47. The van der Waals surface area contributed by atoms with E-state index >= 15 is 0 Å². The lowest BCUT2D eigenvalue weighted by atomic mass is 10.1. The lowest BCUT2D eigenvalue weighted by molar-refractivity contribution is -0.873. The second kappa shape index (κ2) is 54.4. The first-order valence-corrected chi connectivity index (χ1v) is 32.2. The fraction of sp³-hybridized carbons (Fsp3) is 0.869. The fourth-order valence-electron chi connectivity index (χ4n) is 8.94. The third kappa shape index (κ3) is 52.9. The molecular weight excluding hydrogens is 1020 g/mol. The largest absolute Gasteiger partial charge is 1.00 e. The minimum absolute atomic E-state index is 0. The Kier molecular flexibility index (Phi) is 54.4. The zero-order chi connectivity index (χ0) is 56.2. The van der Waals surface area contributed by atoms with Gasteiger partial charge >= 0.3 is 25.7 Å². The van der Waals surface area contributed by atoms with Gasteiger partial charge in [-0.25, -0.2) is 9.36 Å². The van der Waals surface area contributed by atoms with Gasteiger partial charge in [-0.2, -0.15) is 0 Å². The molecule has 0 radical (unpaired) electrons. The summed E-state index contributed by atoms with van der Waals surface area (Å²) in [6.45, 7) is 5.94. The first kappa shape index (κ1) is 76.9. The first-order chi connectivity index (χ1) is 36.7. The Bertz CT molecular complexity index is 1490. The van der Waals surface area contributed by atoms with Crippen molar-refractivity contribution in [1.82, 2.24) is 0 Å². The van der Waals surface area contributed by atoms with Crippen molar-refractivity contribution in [3.63, 3.8) is 0 Å². The molecule has 0 amide bonds. The average molecular weight is 1140 g/mol. The van der Waals surface area contributed by atoms with E-state index in [1.54, 1.807) is 0 Å². The molecule has 77 heavy (non-hydrogen) atoms. The maximum atomic E-state index is 13.8. The Hall–Kier alpha value is -2.16. The molecule has 0 aliphatic rings. The number of aliphatic hydroxyl groups excluding tert-OH is 1. The quantitative estimate of drug-likeness (QED) is 0.0112. The van der Waals surface area contributed by atoms with Crippen molar-refractivity contribution in [2.45, 2.75) is 289 Å². The average Bonchev–Trinajstić information content (AvgIpc) is 3.37. The summed E-state index contributed by atoms with van der Waals surface area (Å²) in [6, 6.07) is 0.